The Morgan fingerprint density at radius 3 is 2.65 bits per heavy atom. The van der Waals surface area contributed by atoms with Crippen molar-refractivity contribution < 1.29 is 18.0 Å². The largest absolute Gasteiger partial charge is 0.416 e. The van der Waals surface area contributed by atoms with Gasteiger partial charge in [-0.25, -0.2) is 4.98 Å². The van der Waals surface area contributed by atoms with Crippen LogP contribution in [0.5, 0.6) is 0 Å². The fraction of sp³-hybridized carbons (Fsp3) is 0.467. The fourth-order valence-electron chi connectivity index (χ4n) is 2.85. The van der Waals surface area contributed by atoms with E-state index in [4.69, 9.17) is 5.73 Å². The SMILES string of the molecule is NC(=O)CN1CCC(c2nc3cc(C(F)(F)F)ccc3s2)CC1. The van der Waals surface area contributed by atoms with Crippen molar-refractivity contribution in [3.63, 3.8) is 0 Å². The zero-order valence-electron chi connectivity index (χ0n) is 12.3. The lowest BCUT2D eigenvalue weighted by atomic mass is 9.97. The first-order valence-corrected chi connectivity index (χ1v) is 8.13. The number of fused-ring (bicyclic) bond motifs is 1. The number of amides is 1. The third-order valence-electron chi connectivity index (χ3n) is 4.05. The third kappa shape index (κ3) is 3.64. The molecule has 1 fully saturated rings. The molecule has 3 rings (SSSR count). The van der Waals surface area contributed by atoms with Crippen LogP contribution in [0, 0.1) is 0 Å². The Bertz CT molecular complexity index is 720. The number of hydrogen-bond donors (Lipinski definition) is 1. The number of rotatable bonds is 3. The normalized spacial score (nSPS) is 17.7. The highest BCUT2D eigenvalue weighted by atomic mass is 32.1. The zero-order chi connectivity index (χ0) is 16.6. The number of benzene rings is 1. The maximum Gasteiger partial charge on any atom is 0.416 e. The van der Waals surface area contributed by atoms with Crippen molar-refractivity contribution in [2.45, 2.75) is 24.9 Å². The summed E-state index contributed by atoms with van der Waals surface area (Å²) in [5, 5.41) is 0.873. The predicted molar refractivity (Wildman–Crippen MR) is 82.2 cm³/mol. The van der Waals surface area contributed by atoms with Crippen molar-refractivity contribution >= 4 is 27.5 Å². The van der Waals surface area contributed by atoms with Gasteiger partial charge in [0.25, 0.3) is 0 Å². The van der Waals surface area contributed by atoms with Crippen LogP contribution < -0.4 is 5.73 Å². The maximum absolute atomic E-state index is 12.8. The van der Waals surface area contributed by atoms with Crippen LogP contribution in [0.2, 0.25) is 0 Å². The van der Waals surface area contributed by atoms with E-state index in [1.54, 1.807) is 0 Å². The lowest BCUT2D eigenvalue weighted by molar-refractivity contribution is -0.137. The van der Waals surface area contributed by atoms with Crippen LogP contribution in [0.25, 0.3) is 10.2 Å². The summed E-state index contributed by atoms with van der Waals surface area (Å²) in [6, 6.07) is 3.69. The standard InChI is InChI=1S/C15H16F3N3OS/c16-15(17,18)10-1-2-12-11(7-10)20-14(23-12)9-3-5-21(6-4-9)8-13(19)22/h1-2,7,9H,3-6,8H2,(H2,19,22). The lowest BCUT2D eigenvalue weighted by Crippen LogP contribution is -2.39. The highest BCUT2D eigenvalue weighted by Gasteiger charge is 2.31. The number of thiazole rings is 1. The number of nitrogens with two attached hydrogens (primary N) is 1. The van der Waals surface area contributed by atoms with Gasteiger partial charge in [0.05, 0.1) is 27.3 Å². The minimum Gasteiger partial charge on any atom is -0.369 e. The lowest BCUT2D eigenvalue weighted by Gasteiger charge is -2.29. The number of aromatic nitrogens is 1. The molecule has 0 radical (unpaired) electrons. The van der Waals surface area contributed by atoms with E-state index in [2.05, 4.69) is 4.98 Å². The van der Waals surface area contributed by atoms with Gasteiger partial charge in [-0.15, -0.1) is 11.3 Å². The van der Waals surface area contributed by atoms with E-state index >= 15 is 0 Å². The average molecular weight is 343 g/mol. The summed E-state index contributed by atoms with van der Waals surface area (Å²) >= 11 is 1.45. The zero-order valence-corrected chi connectivity index (χ0v) is 13.1. The molecule has 1 amide bonds. The van der Waals surface area contributed by atoms with Gasteiger partial charge in [0, 0.05) is 5.92 Å². The van der Waals surface area contributed by atoms with Gasteiger partial charge in [0.1, 0.15) is 0 Å². The van der Waals surface area contributed by atoms with Gasteiger partial charge in [0.2, 0.25) is 5.91 Å². The van der Waals surface area contributed by atoms with E-state index in [-0.39, 0.29) is 18.4 Å². The highest BCUT2D eigenvalue weighted by molar-refractivity contribution is 7.18. The molecule has 23 heavy (non-hydrogen) atoms. The van der Waals surface area contributed by atoms with Gasteiger partial charge in [0.15, 0.2) is 0 Å². The minimum atomic E-state index is -4.35. The molecule has 0 spiro atoms. The first kappa shape index (κ1) is 16.2. The van der Waals surface area contributed by atoms with Crippen molar-refractivity contribution in [1.82, 2.24) is 9.88 Å². The first-order valence-electron chi connectivity index (χ1n) is 7.31. The van der Waals surface area contributed by atoms with Gasteiger partial charge in [-0.3, -0.25) is 9.69 Å². The summed E-state index contributed by atoms with van der Waals surface area (Å²) in [5.74, 6) is -0.117. The quantitative estimate of drug-likeness (QED) is 0.932. The van der Waals surface area contributed by atoms with Gasteiger partial charge in [-0.05, 0) is 44.1 Å². The Kier molecular flexibility index (Phi) is 4.29. The molecular formula is C15H16F3N3OS. The summed E-state index contributed by atoms with van der Waals surface area (Å²) in [7, 11) is 0. The number of alkyl halides is 3. The van der Waals surface area contributed by atoms with E-state index in [1.807, 2.05) is 4.90 Å². The number of carbonyl (C=O) groups excluding carboxylic acids is 1. The van der Waals surface area contributed by atoms with Crippen LogP contribution >= 0.6 is 11.3 Å². The summed E-state index contributed by atoms with van der Waals surface area (Å²) in [5.41, 5.74) is 4.92. The van der Waals surface area contributed by atoms with E-state index < -0.39 is 11.7 Å². The molecule has 2 N–H and O–H groups in total. The molecule has 1 aromatic carbocycles. The number of carbonyl (C=O) groups is 1. The molecule has 0 aliphatic carbocycles. The topological polar surface area (TPSA) is 59.2 Å². The van der Waals surface area contributed by atoms with Gasteiger partial charge in [-0.2, -0.15) is 13.2 Å². The molecule has 1 saturated heterocycles. The highest BCUT2D eigenvalue weighted by Crippen LogP contribution is 2.36. The van der Waals surface area contributed by atoms with Crippen LogP contribution in [0.3, 0.4) is 0 Å². The Balaban J connectivity index is 1.75. The second-order valence-electron chi connectivity index (χ2n) is 5.75. The summed E-state index contributed by atoms with van der Waals surface area (Å²) in [6.07, 6.45) is -2.68. The molecule has 2 heterocycles. The van der Waals surface area contributed by atoms with Gasteiger partial charge in [-0.1, -0.05) is 0 Å². The van der Waals surface area contributed by atoms with Crippen LogP contribution in [0.15, 0.2) is 18.2 Å². The molecular weight excluding hydrogens is 327 g/mol. The Morgan fingerprint density at radius 1 is 1.35 bits per heavy atom. The Labute approximate surface area is 135 Å². The molecule has 1 aliphatic rings. The van der Waals surface area contributed by atoms with E-state index in [1.165, 1.54) is 17.4 Å². The predicted octanol–water partition coefficient (Wildman–Crippen LogP) is 2.98. The second kappa shape index (κ2) is 6.09. The number of likely N-dealkylation sites (tertiary alicyclic amines) is 1. The van der Waals surface area contributed by atoms with E-state index in [0.29, 0.717) is 5.52 Å². The molecule has 0 bridgehead atoms. The van der Waals surface area contributed by atoms with Crippen LogP contribution in [-0.2, 0) is 11.0 Å². The summed E-state index contributed by atoms with van der Waals surface area (Å²) < 4.78 is 39.0. The monoisotopic (exact) mass is 343 g/mol. The van der Waals surface area contributed by atoms with Crippen molar-refractivity contribution in [3.8, 4) is 0 Å². The Hall–Kier alpha value is -1.67. The number of piperidine rings is 1. The molecule has 8 heteroatoms. The Morgan fingerprint density at radius 2 is 2.04 bits per heavy atom. The van der Waals surface area contributed by atoms with E-state index in [0.717, 1.165) is 47.8 Å². The van der Waals surface area contributed by atoms with Crippen LogP contribution in [0.4, 0.5) is 13.2 Å². The molecule has 2 aromatic rings. The third-order valence-corrected chi connectivity index (χ3v) is 5.25. The molecule has 0 atom stereocenters. The second-order valence-corrected chi connectivity index (χ2v) is 6.81. The number of halogens is 3. The van der Waals surface area contributed by atoms with Crippen molar-refractivity contribution in [1.29, 1.82) is 0 Å². The summed E-state index contributed by atoms with van der Waals surface area (Å²) in [6.45, 7) is 1.75. The van der Waals surface area contributed by atoms with E-state index in [9.17, 15) is 18.0 Å². The van der Waals surface area contributed by atoms with Crippen LogP contribution in [-0.4, -0.2) is 35.4 Å². The average Bonchev–Trinajstić information content (AvgIpc) is 2.89. The smallest absolute Gasteiger partial charge is 0.369 e. The van der Waals surface area contributed by atoms with Gasteiger partial charge < -0.3 is 5.73 Å². The maximum atomic E-state index is 12.8. The molecule has 4 nitrogen and oxygen atoms in total. The minimum absolute atomic E-state index is 0.228. The van der Waals surface area contributed by atoms with Crippen molar-refractivity contribution in [2.75, 3.05) is 19.6 Å². The van der Waals surface area contributed by atoms with Crippen molar-refractivity contribution in [3.05, 3.63) is 28.8 Å². The molecule has 1 aromatic heterocycles. The molecule has 124 valence electrons. The molecule has 1 aliphatic heterocycles. The van der Waals surface area contributed by atoms with Gasteiger partial charge >= 0.3 is 6.18 Å². The number of nitrogens with zero attached hydrogens (tertiary/aromatic N) is 2. The molecule has 0 unspecified atom stereocenters. The van der Waals surface area contributed by atoms with Crippen LogP contribution in [0.1, 0.15) is 29.3 Å². The molecule has 0 saturated carbocycles. The number of primary amides is 1. The van der Waals surface area contributed by atoms with Crippen molar-refractivity contribution in [2.24, 2.45) is 5.73 Å². The summed E-state index contributed by atoms with van der Waals surface area (Å²) in [4.78, 5) is 17.3. The first-order chi connectivity index (χ1) is 10.8. The fourth-order valence-corrected chi connectivity index (χ4v) is 3.97. The number of hydrogen-bond acceptors (Lipinski definition) is 4.